The average Bonchev–Trinajstić information content (AvgIpc) is 2.55. The van der Waals surface area contributed by atoms with Gasteiger partial charge in [-0.2, -0.15) is 0 Å². The minimum atomic E-state index is -0.404. The van der Waals surface area contributed by atoms with E-state index >= 15 is 0 Å². The second-order valence-corrected chi connectivity index (χ2v) is 3.85. The Kier molecular flexibility index (Phi) is 2.75. The maximum atomic E-state index is 11.6. The van der Waals surface area contributed by atoms with E-state index in [1.54, 1.807) is 18.2 Å². The van der Waals surface area contributed by atoms with Crippen LogP contribution < -0.4 is 11.5 Å². The van der Waals surface area contributed by atoms with Gasteiger partial charge in [0.15, 0.2) is 5.58 Å². The minimum absolute atomic E-state index is 0.402. The molecular formula is C11H11ClN2O2. The Morgan fingerprint density at radius 2 is 2.38 bits per heavy atom. The SMILES string of the molecule is C/C(=C/Cl)Cn1c(=O)oc2ccc(N)cc21. The minimum Gasteiger partial charge on any atom is -0.408 e. The van der Waals surface area contributed by atoms with Crippen LogP contribution in [-0.4, -0.2) is 4.57 Å². The van der Waals surface area contributed by atoms with Crippen LogP contribution in [-0.2, 0) is 6.54 Å². The number of oxazole rings is 1. The summed E-state index contributed by atoms with van der Waals surface area (Å²) in [6, 6.07) is 5.09. The number of nitrogens with zero attached hydrogens (tertiary/aromatic N) is 1. The fourth-order valence-corrected chi connectivity index (χ4v) is 1.58. The zero-order chi connectivity index (χ0) is 11.7. The molecule has 5 heteroatoms. The highest BCUT2D eigenvalue weighted by molar-refractivity contribution is 6.25. The summed E-state index contributed by atoms with van der Waals surface area (Å²) in [5.41, 5.74) is 9.78. The molecule has 0 fully saturated rings. The molecule has 0 radical (unpaired) electrons. The van der Waals surface area contributed by atoms with E-state index in [-0.39, 0.29) is 0 Å². The number of nitrogens with two attached hydrogens (primary N) is 1. The average molecular weight is 239 g/mol. The lowest BCUT2D eigenvalue weighted by Crippen LogP contribution is -2.14. The number of nitrogen functional groups attached to an aromatic ring is 1. The van der Waals surface area contributed by atoms with Gasteiger partial charge in [0.2, 0.25) is 0 Å². The van der Waals surface area contributed by atoms with Crippen molar-refractivity contribution in [3.05, 3.63) is 39.9 Å². The molecule has 4 nitrogen and oxygen atoms in total. The fourth-order valence-electron chi connectivity index (χ4n) is 1.51. The molecule has 0 aliphatic heterocycles. The first-order valence-electron chi connectivity index (χ1n) is 4.76. The van der Waals surface area contributed by atoms with E-state index in [9.17, 15) is 4.79 Å². The number of hydrogen-bond donors (Lipinski definition) is 1. The summed E-state index contributed by atoms with van der Waals surface area (Å²) in [7, 11) is 0. The predicted molar refractivity (Wildman–Crippen MR) is 64.5 cm³/mol. The second kappa shape index (κ2) is 4.06. The zero-order valence-electron chi connectivity index (χ0n) is 8.74. The molecule has 16 heavy (non-hydrogen) atoms. The van der Waals surface area contributed by atoms with Crippen molar-refractivity contribution in [2.24, 2.45) is 0 Å². The Morgan fingerprint density at radius 1 is 1.62 bits per heavy atom. The molecule has 1 aromatic heterocycles. The van der Waals surface area contributed by atoms with Gasteiger partial charge in [0.05, 0.1) is 12.1 Å². The fraction of sp³-hybridized carbons (Fsp3) is 0.182. The maximum absolute atomic E-state index is 11.6. The van der Waals surface area contributed by atoms with E-state index in [2.05, 4.69) is 0 Å². The molecule has 0 saturated heterocycles. The van der Waals surface area contributed by atoms with Gasteiger partial charge in [-0.3, -0.25) is 4.57 Å². The number of aromatic nitrogens is 1. The smallest absolute Gasteiger partial charge is 0.408 e. The number of benzene rings is 1. The van der Waals surface area contributed by atoms with Crippen molar-refractivity contribution in [3.8, 4) is 0 Å². The highest BCUT2D eigenvalue weighted by Crippen LogP contribution is 2.17. The molecular weight excluding hydrogens is 228 g/mol. The summed E-state index contributed by atoms with van der Waals surface area (Å²) in [6.45, 7) is 2.24. The van der Waals surface area contributed by atoms with Crippen molar-refractivity contribution in [3.63, 3.8) is 0 Å². The Labute approximate surface area is 96.9 Å². The van der Waals surface area contributed by atoms with Gasteiger partial charge in [-0.05, 0) is 30.7 Å². The summed E-state index contributed by atoms with van der Waals surface area (Å²) < 4.78 is 6.58. The molecule has 0 spiro atoms. The van der Waals surface area contributed by atoms with Gasteiger partial charge >= 0.3 is 5.76 Å². The molecule has 0 unspecified atom stereocenters. The van der Waals surface area contributed by atoms with E-state index in [0.717, 1.165) is 5.57 Å². The molecule has 1 aromatic carbocycles. The van der Waals surface area contributed by atoms with E-state index in [1.807, 2.05) is 6.92 Å². The normalized spacial score (nSPS) is 12.2. The third kappa shape index (κ3) is 1.84. The quantitative estimate of drug-likeness (QED) is 0.817. The Bertz CT molecular complexity index is 610. The van der Waals surface area contributed by atoms with E-state index in [0.29, 0.717) is 23.3 Å². The van der Waals surface area contributed by atoms with Crippen LogP contribution in [0.2, 0.25) is 0 Å². The highest BCUT2D eigenvalue weighted by Gasteiger charge is 2.09. The van der Waals surface area contributed by atoms with Crippen LogP contribution in [0.4, 0.5) is 5.69 Å². The Balaban J connectivity index is 2.63. The molecule has 0 aliphatic rings. The Morgan fingerprint density at radius 3 is 3.06 bits per heavy atom. The van der Waals surface area contributed by atoms with Gasteiger partial charge in [0.1, 0.15) is 0 Å². The first kappa shape index (κ1) is 10.8. The second-order valence-electron chi connectivity index (χ2n) is 3.64. The van der Waals surface area contributed by atoms with Crippen LogP contribution in [0, 0.1) is 0 Å². The third-order valence-electron chi connectivity index (χ3n) is 2.29. The number of allylic oxidation sites excluding steroid dienone is 1. The largest absolute Gasteiger partial charge is 0.420 e. The maximum Gasteiger partial charge on any atom is 0.420 e. The van der Waals surface area contributed by atoms with Crippen LogP contribution in [0.25, 0.3) is 11.1 Å². The first-order chi connectivity index (χ1) is 7.61. The number of anilines is 1. The Hall–Kier alpha value is -1.68. The van der Waals surface area contributed by atoms with Crippen molar-refractivity contribution in [1.29, 1.82) is 0 Å². The first-order valence-corrected chi connectivity index (χ1v) is 5.20. The molecule has 0 aliphatic carbocycles. The van der Waals surface area contributed by atoms with Crippen molar-refractivity contribution in [2.75, 3.05) is 5.73 Å². The van der Waals surface area contributed by atoms with Gasteiger partial charge in [0, 0.05) is 11.2 Å². The molecule has 0 bridgehead atoms. The van der Waals surface area contributed by atoms with Gasteiger partial charge in [-0.25, -0.2) is 4.79 Å². The topological polar surface area (TPSA) is 61.2 Å². The van der Waals surface area contributed by atoms with Gasteiger partial charge in [0.25, 0.3) is 0 Å². The molecule has 2 N–H and O–H groups in total. The summed E-state index contributed by atoms with van der Waals surface area (Å²) >= 11 is 5.57. The van der Waals surface area contributed by atoms with Gasteiger partial charge in [-0.1, -0.05) is 11.6 Å². The lowest BCUT2D eigenvalue weighted by atomic mass is 10.2. The third-order valence-corrected chi connectivity index (χ3v) is 2.66. The van der Waals surface area contributed by atoms with E-state index in [1.165, 1.54) is 10.1 Å². The summed E-state index contributed by atoms with van der Waals surface area (Å²) in [5.74, 6) is -0.404. The van der Waals surface area contributed by atoms with Crippen molar-refractivity contribution >= 4 is 28.4 Å². The lowest BCUT2D eigenvalue weighted by Gasteiger charge is -2.01. The summed E-state index contributed by atoms with van der Waals surface area (Å²) in [4.78, 5) is 11.6. The van der Waals surface area contributed by atoms with Crippen molar-refractivity contribution in [2.45, 2.75) is 13.5 Å². The number of hydrogen-bond acceptors (Lipinski definition) is 3. The number of rotatable bonds is 2. The van der Waals surface area contributed by atoms with Crippen LogP contribution in [0.15, 0.2) is 38.5 Å². The molecule has 0 amide bonds. The van der Waals surface area contributed by atoms with Crippen LogP contribution in [0.1, 0.15) is 6.92 Å². The van der Waals surface area contributed by atoms with Crippen molar-refractivity contribution in [1.82, 2.24) is 4.57 Å². The summed E-state index contributed by atoms with van der Waals surface area (Å²) in [5, 5.41) is 0. The number of halogens is 1. The predicted octanol–water partition coefficient (Wildman–Crippen LogP) is 2.32. The van der Waals surface area contributed by atoms with Gasteiger partial charge in [-0.15, -0.1) is 0 Å². The van der Waals surface area contributed by atoms with Crippen LogP contribution >= 0.6 is 11.6 Å². The zero-order valence-corrected chi connectivity index (χ0v) is 9.49. The molecule has 0 saturated carbocycles. The molecule has 2 aromatic rings. The number of fused-ring (bicyclic) bond motifs is 1. The van der Waals surface area contributed by atoms with Crippen LogP contribution in [0.5, 0.6) is 0 Å². The van der Waals surface area contributed by atoms with Gasteiger partial charge < -0.3 is 10.2 Å². The van der Waals surface area contributed by atoms with E-state index < -0.39 is 5.76 Å². The highest BCUT2D eigenvalue weighted by atomic mass is 35.5. The molecule has 0 atom stereocenters. The molecule has 1 heterocycles. The monoisotopic (exact) mass is 238 g/mol. The van der Waals surface area contributed by atoms with Crippen LogP contribution in [0.3, 0.4) is 0 Å². The lowest BCUT2D eigenvalue weighted by molar-refractivity contribution is 0.516. The van der Waals surface area contributed by atoms with Crippen molar-refractivity contribution < 1.29 is 4.42 Å². The summed E-state index contributed by atoms with van der Waals surface area (Å²) in [6.07, 6.45) is 0. The van der Waals surface area contributed by atoms with E-state index in [4.69, 9.17) is 21.8 Å². The molecule has 2 rings (SSSR count). The molecule has 84 valence electrons. The standard InChI is InChI=1S/C11H11ClN2O2/c1-7(5-12)6-14-9-4-8(13)2-3-10(9)16-11(14)15/h2-5H,6,13H2,1H3/b7-5-.